The van der Waals surface area contributed by atoms with Crippen molar-refractivity contribution in [3.63, 3.8) is 0 Å². The Morgan fingerprint density at radius 1 is 1.06 bits per heavy atom. The molecule has 9 heteroatoms. The number of rotatable bonds is 1. The van der Waals surface area contributed by atoms with Crippen LogP contribution >= 0.6 is 11.6 Å². The lowest BCUT2D eigenvalue weighted by molar-refractivity contribution is -0.137. The van der Waals surface area contributed by atoms with Crippen LogP contribution in [0.25, 0.3) is 5.69 Å². The summed E-state index contributed by atoms with van der Waals surface area (Å²) in [6, 6.07) is 11.3. The first-order chi connectivity index (χ1) is 15.2. The van der Waals surface area contributed by atoms with E-state index in [1.54, 1.807) is 12.1 Å². The van der Waals surface area contributed by atoms with E-state index >= 15 is 0 Å². The number of alkyl halides is 3. The Hall–Kier alpha value is -3.00. The molecule has 2 aromatic carbocycles. The molecular formula is C23H17ClF4N2O2. The van der Waals surface area contributed by atoms with Crippen LogP contribution in [0.3, 0.4) is 0 Å². The fourth-order valence-corrected chi connectivity index (χ4v) is 4.62. The second kappa shape index (κ2) is 7.27. The number of fused-ring (bicyclic) bond motifs is 4. The van der Waals surface area contributed by atoms with Crippen LogP contribution < -0.4 is 4.74 Å². The number of ether oxygens (including phenoxy) is 1. The Morgan fingerprint density at radius 2 is 1.81 bits per heavy atom. The Labute approximate surface area is 186 Å². The molecule has 166 valence electrons. The van der Waals surface area contributed by atoms with E-state index in [-0.39, 0.29) is 18.7 Å². The number of nitrogens with zero attached hydrogens (tertiary/aromatic N) is 2. The molecule has 5 rings (SSSR count). The number of carbonyl (C=O) groups is 1. The second-order valence-corrected chi connectivity index (χ2v) is 8.39. The molecule has 0 bridgehead atoms. The Morgan fingerprint density at radius 3 is 2.50 bits per heavy atom. The van der Waals surface area contributed by atoms with Crippen molar-refractivity contribution < 1.29 is 27.1 Å². The van der Waals surface area contributed by atoms with Gasteiger partial charge in [0, 0.05) is 43.2 Å². The largest absolute Gasteiger partial charge is 0.479 e. The van der Waals surface area contributed by atoms with E-state index in [9.17, 15) is 22.4 Å². The number of hydrogen-bond donors (Lipinski definition) is 0. The molecule has 1 saturated heterocycles. The van der Waals surface area contributed by atoms with E-state index in [0.717, 1.165) is 23.5 Å². The van der Waals surface area contributed by atoms with Gasteiger partial charge in [-0.1, -0.05) is 11.6 Å². The molecule has 0 saturated carbocycles. The van der Waals surface area contributed by atoms with Crippen molar-refractivity contribution in [2.45, 2.75) is 24.6 Å². The average Bonchev–Trinajstić information content (AvgIpc) is 3.24. The topological polar surface area (TPSA) is 34.5 Å². The first kappa shape index (κ1) is 20.9. The fourth-order valence-electron chi connectivity index (χ4n) is 4.46. The van der Waals surface area contributed by atoms with E-state index in [0.29, 0.717) is 29.7 Å². The highest BCUT2D eigenvalue weighted by Gasteiger charge is 2.45. The van der Waals surface area contributed by atoms with E-state index in [2.05, 4.69) is 0 Å². The summed E-state index contributed by atoms with van der Waals surface area (Å²) in [7, 11) is 0. The van der Waals surface area contributed by atoms with Gasteiger partial charge in [0.2, 0.25) is 0 Å². The summed E-state index contributed by atoms with van der Waals surface area (Å²) < 4.78 is 61.1. The summed E-state index contributed by atoms with van der Waals surface area (Å²) in [6.07, 6.45) is -1.86. The number of piperidine rings is 1. The normalized spacial score (nSPS) is 17.0. The quantitative estimate of drug-likeness (QED) is 0.426. The average molecular weight is 465 g/mol. The van der Waals surface area contributed by atoms with Crippen molar-refractivity contribution in [3.05, 3.63) is 82.4 Å². The van der Waals surface area contributed by atoms with Crippen LogP contribution in [0, 0.1) is 5.82 Å². The van der Waals surface area contributed by atoms with Crippen LogP contribution in [0.2, 0.25) is 5.02 Å². The maximum Gasteiger partial charge on any atom is 0.416 e. The summed E-state index contributed by atoms with van der Waals surface area (Å²) in [6.45, 7) is 0.529. The number of halogens is 5. The van der Waals surface area contributed by atoms with Gasteiger partial charge in [-0.25, -0.2) is 4.39 Å². The molecular weight excluding hydrogens is 448 g/mol. The minimum atomic E-state index is -4.67. The third kappa shape index (κ3) is 3.33. The van der Waals surface area contributed by atoms with Crippen molar-refractivity contribution in [1.82, 2.24) is 9.47 Å². The van der Waals surface area contributed by atoms with Crippen LogP contribution in [0.5, 0.6) is 5.75 Å². The zero-order valence-electron chi connectivity index (χ0n) is 16.6. The molecule has 1 amide bonds. The molecule has 4 nitrogen and oxygen atoms in total. The molecule has 0 aliphatic carbocycles. The third-order valence-corrected chi connectivity index (χ3v) is 6.32. The number of benzene rings is 2. The molecule has 2 aliphatic rings. The summed E-state index contributed by atoms with van der Waals surface area (Å²) in [5, 5.41) is 0.542. The molecule has 0 N–H and O–H groups in total. The van der Waals surface area contributed by atoms with Gasteiger partial charge < -0.3 is 14.2 Å². The van der Waals surface area contributed by atoms with Crippen LogP contribution in [-0.4, -0.2) is 28.5 Å². The minimum Gasteiger partial charge on any atom is -0.479 e. The van der Waals surface area contributed by atoms with Gasteiger partial charge in [0.25, 0.3) is 5.91 Å². The predicted octanol–water partition coefficient (Wildman–Crippen LogP) is 5.81. The van der Waals surface area contributed by atoms with Crippen LogP contribution in [0.1, 0.15) is 34.5 Å². The minimum absolute atomic E-state index is 0.264. The molecule has 0 radical (unpaired) electrons. The second-order valence-electron chi connectivity index (χ2n) is 7.96. The van der Waals surface area contributed by atoms with Crippen LogP contribution in [-0.2, 0) is 11.8 Å². The lowest BCUT2D eigenvalue weighted by Gasteiger charge is -2.45. The molecule has 1 spiro atoms. The van der Waals surface area contributed by atoms with Gasteiger partial charge in [-0.2, -0.15) is 13.2 Å². The Bertz CT molecular complexity index is 1210. The molecule has 32 heavy (non-hydrogen) atoms. The first-order valence-corrected chi connectivity index (χ1v) is 10.4. The zero-order chi connectivity index (χ0) is 22.7. The van der Waals surface area contributed by atoms with Gasteiger partial charge in [0.1, 0.15) is 11.6 Å². The van der Waals surface area contributed by atoms with Crippen molar-refractivity contribution in [2.24, 2.45) is 0 Å². The van der Waals surface area contributed by atoms with Crippen molar-refractivity contribution in [1.29, 1.82) is 0 Å². The molecule has 1 aromatic heterocycles. The number of carbonyl (C=O) groups excluding carboxylic acids is 1. The van der Waals surface area contributed by atoms with Crippen molar-refractivity contribution >= 4 is 17.5 Å². The van der Waals surface area contributed by atoms with Crippen molar-refractivity contribution in [2.75, 3.05) is 13.1 Å². The molecule has 1 fully saturated rings. The highest BCUT2D eigenvalue weighted by molar-refractivity contribution is 6.30. The van der Waals surface area contributed by atoms with Gasteiger partial charge in [0.05, 0.1) is 22.5 Å². The van der Waals surface area contributed by atoms with Crippen LogP contribution in [0.15, 0.2) is 54.7 Å². The zero-order valence-corrected chi connectivity index (χ0v) is 17.4. The highest BCUT2D eigenvalue weighted by Crippen LogP contribution is 2.46. The smallest absolute Gasteiger partial charge is 0.416 e. The van der Waals surface area contributed by atoms with Crippen LogP contribution in [0.4, 0.5) is 17.6 Å². The Kier molecular flexibility index (Phi) is 4.74. The van der Waals surface area contributed by atoms with Gasteiger partial charge >= 0.3 is 6.18 Å². The number of likely N-dealkylation sites (tertiary alicyclic amines) is 1. The lowest BCUT2D eigenvalue weighted by atomic mass is 9.86. The predicted molar refractivity (Wildman–Crippen MR) is 110 cm³/mol. The number of hydrogen-bond acceptors (Lipinski definition) is 2. The van der Waals surface area contributed by atoms with E-state index in [1.807, 2.05) is 29.0 Å². The summed E-state index contributed by atoms with van der Waals surface area (Å²) >= 11 is 6.14. The first-order valence-electron chi connectivity index (χ1n) is 10.0. The molecule has 2 aliphatic heterocycles. The maximum absolute atomic E-state index is 14.3. The number of aromatic nitrogens is 1. The monoisotopic (exact) mass is 464 g/mol. The maximum atomic E-state index is 14.3. The SMILES string of the molecule is O=C(c1ccc(C(F)(F)F)cc1F)N1CCC2(CC1)Oc1cc(Cl)ccc1-n1cccc12. The molecule has 0 atom stereocenters. The Balaban J connectivity index is 1.38. The van der Waals surface area contributed by atoms with E-state index in [4.69, 9.17) is 16.3 Å². The van der Waals surface area contributed by atoms with Gasteiger partial charge in [-0.05, 0) is 42.5 Å². The molecule has 3 heterocycles. The fraction of sp³-hybridized carbons (Fsp3) is 0.261. The molecule has 3 aromatic rings. The summed E-state index contributed by atoms with van der Waals surface area (Å²) in [5.74, 6) is -1.19. The molecule has 0 unspecified atom stereocenters. The van der Waals surface area contributed by atoms with E-state index < -0.39 is 29.1 Å². The number of amides is 1. The van der Waals surface area contributed by atoms with Gasteiger partial charge in [-0.3, -0.25) is 4.79 Å². The highest BCUT2D eigenvalue weighted by atomic mass is 35.5. The van der Waals surface area contributed by atoms with Gasteiger partial charge in [-0.15, -0.1) is 0 Å². The van der Waals surface area contributed by atoms with Gasteiger partial charge in [0.15, 0.2) is 5.60 Å². The van der Waals surface area contributed by atoms with E-state index in [1.165, 1.54) is 4.90 Å². The summed E-state index contributed by atoms with van der Waals surface area (Å²) in [5.41, 5.74) is -0.376. The standard InChI is InChI=1S/C23H17ClF4N2O2/c24-15-4-6-18-19(13-15)32-22(20-2-1-9-30(18)20)7-10-29(11-8-22)21(31)16-5-3-14(12-17(16)25)23(26,27)28/h1-6,9,12-13H,7-8,10-11H2. The third-order valence-electron chi connectivity index (χ3n) is 6.09. The van der Waals surface area contributed by atoms with Crippen molar-refractivity contribution in [3.8, 4) is 11.4 Å². The lowest BCUT2D eigenvalue weighted by Crippen LogP contribution is -2.50. The summed E-state index contributed by atoms with van der Waals surface area (Å²) in [4.78, 5) is 14.3.